The predicted molar refractivity (Wildman–Crippen MR) is 90.1 cm³/mol. The van der Waals surface area contributed by atoms with Gasteiger partial charge in [0.2, 0.25) is 0 Å². The van der Waals surface area contributed by atoms with E-state index in [9.17, 15) is 25.0 Å². The SMILES string of the molecule is CONc1c(O)c2c(c(O)c1NCCC[N+](C)(C)O)C(=O)C=CC2=O. The van der Waals surface area contributed by atoms with Crippen LogP contribution in [0.1, 0.15) is 27.1 Å². The molecule has 0 spiro atoms. The number of phenolic OH excluding ortho intramolecular Hbond substituents is 2. The van der Waals surface area contributed by atoms with E-state index in [-0.39, 0.29) is 27.1 Å². The van der Waals surface area contributed by atoms with Crippen molar-refractivity contribution in [2.45, 2.75) is 6.42 Å². The molecule has 1 aliphatic carbocycles. The molecule has 1 aromatic rings. The molecule has 2 rings (SSSR count). The molecule has 0 fully saturated rings. The second-order valence-electron chi connectivity index (χ2n) is 6.19. The van der Waals surface area contributed by atoms with E-state index in [0.29, 0.717) is 19.5 Å². The molecule has 0 radical (unpaired) electrons. The van der Waals surface area contributed by atoms with E-state index in [1.807, 2.05) is 0 Å². The third-order valence-corrected chi connectivity index (χ3v) is 3.71. The van der Waals surface area contributed by atoms with Gasteiger partial charge in [0.05, 0.1) is 32.3 Å². The van der Waals surface area contributed by atoms with E-state index in [0.717, 1.165) is 12.2 Å². The number of nitrogens with one attached hydrogen (secondary N) is 2. The van der Waals surface area contributed by atoms with E-state index < -0.39 is 23.1 Å². The lowest BCUT2D eigenvalue weighted by molar-refractivity contribution is -1.07. The highest BCUT2D eigenvalue weighted by molar-refractivity contribution is 6.26. The van der Waals surface area contributed by atoms with Gasteiger partial charge in [-0.3, -0.25) is 19.9 Å². The summed E-state index contributed by atoms with van der Waals surface area (Å²) in [5, 5.41) is 33.5. The first-order valence-electron chi connectivity index (χ1n) is 7.64. The van der Waals surface area contributed by atoms with Crippen molar-refractivity contribution < 1.29 is 34.5 Å². The fourth-order valence-electron chi connectivity index (χ4n) is 2.57. The van der Waals surface area contributed by atoms with Gasteiger partial charge in [-0.1, -0.05) is 0 Å². The molecular formula is C16H22N3O6+. The lowest BCUT2D eigenvalue weighted by atomic mass is 9.91. The highest BCUT2D eigenvalue weighted by Crippen LogP contribution is 2.46. The maximum Gasteiger partial charge on any atom is 0.190 e. The van der Waals surface area contributed by atoms with Gasteiger partial charge < -0.3 is 15.5 Å². The number of hydrogen-bond acceptors (Lipinski definition) is 8. The summed E-state index contributed by atoms with van der Waals surface area (Å²) in [6.07, 6.45) is 2.62. The van der Waals surface area contributed by atoms with Crippen LogP contribution in [0.2, 0.25) is 0 Å². The van der Waals surface area contributed by atoms with Crippen LogP contribution in [-0.4, -0.2) is 65.9 Å². The van der Waals surface area contributed by atoms with Gasteiger partial charge in [-0.15, -0.1) is 0 Å². The zero-order valence-corrected chi connectivity index (χ0v) is 14.3. The van der Waals surface area contributed by atoms with Crippen LogP contribution in [-0.2, 0) is 4.84 Å². The number of ketones is 2. The summed E-state index contributed by atoms with van der Waals surface area (Å²) in [6, 6.07) is 0. The molecular weight excluding hydrogens is 330 g/mol. The minimum Gasteiger partial charge on any atom is -0.505 e. The highest BCUT2D eigenvalue weighted by atomic mass is 16.6. The van der Waals surface area contributed by atoms with Crippen LogP contribution < -0.4 is 10.8 Å². The molecule has 25 heavy (non-hydrogen) atoms. The van der Waals surface area contributed by atoms with Gasteiger partial charge in [0.1, 0.15) is 17.9 Å². The van der Waals surface area contributed by atoms with Crippen molar-refractivity contribution in [1.82, 2.24) is 0 Å². The molecule has 1 aliphatic rings. The molecule has 0 aliphatic heterocycles. The maximum absolute atomic E-state index is 12.1. The molecule has 0 saturated carbocycles. The molecule has 0 unspecified atom stereocenters. The Morgan fingerprint density at radius 3 is 2.04 bits per heavy atom. The normalized spacial score (nSPS) is 13.8. The van der Waals surface area contributed by atoms with Crippen LogP contribution in [0.15, 0.2) is 12.2 Å². The van der Waals surface area contributed by atoms with Gasteiger partial charge in [0.15, 0.2) is 23.1 Å². The number of carbonyl (C=O) groups excluding carboxylic acids is 2. The maximum atomic E-state index is 12.1. The Hall–Kier alpha value is -2.62. The summed E-state index contributed by atoms with van der Waals surface area (Å²) in [6.45, 7) is 0.780. The van der Waals surface area contributed by atoms with Crippen molar-refractivity contribution in [2.75, 3.05) is 45.1 Å². The number of carbonyl (C=O) groups is 2. The fourth-order valence-corrected chi connectivity index (χ4v) is 2.57. The number of hydrogen-bond donors (Lipinski definition) is 5. The number of quaternary nitrogens is 1. The first-order chi connectivity index (χ1) is 11.7. The van der Waals surface area contributed by atoms with E-state index in [4.69, 9.17) is 4.84 Å². The standard InChI is InChI=1S/C16H21N3O6/c1-19(2,24)8-4-7-17-13-14(18-25-3)16(23)12-10(21)6-5-9(20)11(12)15(13)22/h5-6,24H,4,7-8H2,1-3H3,(H3-,17,18,20,21,22,23)/p+1. The number of rotatable bonds is 7. The average Bonchev–Trinajstić information content (AvgIpc) is 2.52. The summed E-state index contributed by atoms with van der Waals surface area (Å²) in [5.41, 5.74) is 1.87. The van der Waals surface area contributed by atoms with Crippen LogP contribution in [0.25, 0.3) is 0 Å². The van der Waals surface area contributed by atoms with Crippen molar-refractivity contribution in [1.29, 1.82) is 0 Å². The quantitative estimate of drug-likeness (QED) is 0.163. The molecule has 0 heterocycles. The van der Waals surface area contributed by atoms with Crippen LogP contribution >= 0.6 is 0 Å². The lowest BCUT2D eigenvalue weighted by Crippen LogP contribution is -2.37. The van der Waals surface area contributed by atoms with Gasteiger partial charge in [0, 0.05) is 13.0 Å². The minimum atomic E-state index is -0.590. The Morgan fingerprint density at radius 2 is 1.56 bits per heavy atom. The second-order valence-corrected chi connectivity index (χ2v) is 6.19. The highest BCUT2D eigenvalue weighted by Gasteiger charge is 2.32. The van der Waals surface area contributed by atoms with Gasteiger partial charge >= 0.3 is 0 Å². The second kappa shape index (κ2) is 7.09. The molecule has 0 atom stereocenters. The number of phenols is 2. The van der Waals surface area contributed by atoms with Crippen LogP contribution in [0, 0.1) is 0 Å². The molecule has 1 aromatic carbocycles. The minimum absolute atomic E-state index is 0.0396. The summed E-state index contributed by atoms with van der Waals surface area (Å²) >= 11 is 0. The number of aromatic hydroxyl groups is 2. The first-order valence-corrected chi connectivity index (χ1v) is 7.64. The molecule has 0 bridgehead atoms. The molecule has 136 valence electrons. The molecule has 0 amide bonds. The van der Waals surface area contributed by atoms with Crippen LogP contribution in [0.5, 0.6) is 11.5 Å². The lowest BCUT2D eigenvalue weighted by Gasteiger charge is -2.22. The van der Waals surface area contributed by atoms with E-state index >= 15 is 0 Å². The topological polar surface area (TPSA) is 128 Å². The summed E-state index contributed by atoms with van der Waals surface area (Å²) in [4.78, 5) is 28.9. The Bertz CT molecular complexity index is 737. The molecule has 0 saturated heterocycles. The zero-order chi connectivity index (χ0) is 18.8. The monoisotopic (exact) mass is 352 g/mol. The van der Waals surface area contributed by atoms with Gasteiger partial charge in [0.25, 0.3) is 0 Å². The average molecular weight is 352 g/mol. The number of allylic oxidation sites excluding steroid dienone is 2. The number of anilines is 2. The van der Waals surface area contributed by atoms with Gasteiger partial charge in [-0.05, 0) is 12.2 Å². The van der Waals surface area contributed by atoms with Crippen molar-refractivity contribution in [3.63, 3.8) is 0 Å². The van der Waals surface area contributed by atoms with Gasteiger partial charge in [-0.2, -0.15) is 4.65 Å². The van der Waals surface area contributed by atoms with Gasteiger partial charge in [-0.25, -0.2) is 5.21 Å². The van der Waals surface area contributed by atoms with Crippen molar-refractivity contribution in [3.05, 3.63) is 23.3 Å². The third kappa shape index (κ3) is 3.90. The predicted octanol–water partition coefficient (Wildman–Crippen LogP) is 1.27. The Balaban J connectivity index is 2.42. The fraction of sp³-hybridized carbons (Fsp3) is 0.375. The molecule has 0 aromatic heterocycles. The van der Waals surface area contributed by atoms with Crippen LogP contribution in [0.3, 0.4) is 0 Å². The molecule has 9 heteroatoms. The number of benzene rings is 1. The summed E-state index contributed by atoms with van der Waals surface area (Å²) in [7, 11) is 4.55. The van der Waals surface area contributed by atoms with Crippen molar-refractivity contribution >= 4 is 22.9 Å². The number of hydroxylamine groups is 3. The molecule has 9 nitrogen and oxygen atoms in total. The Labute approximate surface area is 144 Å². The van der Waals surface area contributed by atoms with E-state index in [2.05, 4.69) is 10.8 Å². The summed E-state index contributed by atoms with van der Waals surface area (Å²) < 4.78 is -0.218. The Kier molecular flexibility index (Phi) is 5.31. The van der Waals surface area contributed by atoms with E-state index in [1.165, 1.54) is 7.11 Å². The largest absolute Gasteiger partial charge is 0.505 e. The van der Waals surface area contributed by atoms with Crippen LogP contribution in [0.4, 0.5) is 11.4 Å². The van der Waals surface area contributed by atoms with Crippen molar-refractivity contribution in [2.24, 2.45) is 0 Å². The number of fused-ring (bicyclic) bond motifs is 1. The third-order valence-electron chi connectivity index (χ3n) is 3.71. The summed E-state index contributed by atoms with van der Waals surface area (Å²) in [5.74, 6) is -2.11. The zero-order valence-electron chi connectivity index (χ0n) is 14.3. The van der Waals surface area contributed by atoms with Crippen molar-refractivity contribution in [3.8, 4) is 11.5 Å². The Morgan fingerprint density at radius 1 is 1.04 bits per heavy atom. The molecule has 5 N–H and O–H groups in total. The smallest absolute Gasteiger partial charge is 0.190 e. The van der Waals surface area contributed by atoms with E-state index in [1.54, 1.807) is 14.1 Å². The number of nitrogens with zero attached hydrogens (tertiary/aromatic N) is 1. The first kappa shape index (κ1) is 18.7.